The van der Waals surface area contributed by atoms with Gasteiger partial charge in [0.15, 0.2) is 0 Å². The van der Waals surface area contributed by atoms with Gasteiger partial charge in [-0.2, -0.15) is 9.97 Å². The third-order valence-corrected chi connectivity index (χ3v) is 3.10. The number of benzene rings is 1. The summed E-state index contributed by atoms with van der Waals surface area (Å²) in [4.78, 5) is 13.5. The number of hydrogen-bond donors (Lipinski definition) is 1. The summed E-state index contributed by atoms with van der Waals surface area (Å²) in [5.74, 6) is 1.07. The van der Waals surface area contributed by atoms with E-state index >= 15 is 0 Å². The Balaban J connectivity index is 2.20. The zero-order valence-electron chi connectivity index (χ0n) is 11.6. The number of ether oxygens (including phenoxy) is 2. The van der Waals surface area contributed by atoms with Crippen molar-refractivity contribution in [3.05, 3.63) is 24.3 Å². The van der Waals surface area contributed by atoms with Gasteiger partial charge in [0.2, 0.25) is 5.95 Å². The van der Waals surface area contributed by atoms with Gasteiger partial charge < -0.3 is 14.8 Å². The second-order valence-electron chi connectivity index (χ2n) is 3.68. The Bertz CT molecular complexity index is 563. The number of anilines is 1. The third kappa shape index (κ3) is 3.74. The van der Waals surface area contributed by atoms with E-state index in [9.17, 15) is 0 Å². The van der Waals surface area contributed by atoms with E-state index < -0.39 is 0 Å². The lowest BCUT2D eigenvalue weighted by atomic mass is 10.3. The fourth-order valence-electron chi connectivity index (χ4n) is 1.44. The molecule has 1 aromatic heterocycles. The Labute approximate surface area is 122 Å². The lowest BCUT2D eigenvalue weighted by Gasteiger charge is -2.08. The van der Waals surface area contributed by atoms with E-state index in [0.29, 0.717) is 18.3 Å². The summed E-state index contributed by atoms with van der Waals surface area (Å²) >= 11 is 1.67. The molecule has 106 valence electrons. The first-order valence-corrected chi connectivity index (χ1v) is 7.36. The number of thioether (sulfide) groups is 1. The fourth-order valence-corrected chi connectivity index (χ4v) is 1.85. The van der Waals surface area contributed by atoms with Crippen molar-refractivity contribution < 1.29 is 9.47 Å². The Morgan fingerprint density at radius 3 is 2.40 bits per heavy atom. The van der Waals surface area contributed by atoms with E-state index in [1.807, 2.05) is 37.4 Å². The van der Waals surface area contributed by atoms with Crippen LogP contribution in [-0.2, 0) is 0 Å². The molecule has 1 heterocycles. The Morgan fingerprint density at radius 1 is 1.10 bits per heavy atom. The van der Waals surface area contributed by atoms with Gasteiger partial charge in [-0.1, -0.05) is 0 Å². The van der Waals surface area contributed by atoms with E-state index in [0.717, 1.165) is 0 Å². The van der Waals surface area contributed by atoms with Gasteiger partial charge >= 0.3 is 12.0 Å². The van der Waals surface area contributed by atoms with Gasteiger partial charge in [0, 0.05) is 11.9 Å². The van der Waals surface area contributed by atoms with Crippen molar-refractivity contribution in [2.24, 2.45) is 0 Å². The molecule has 1 N–H and O–H groups in total. The van der Waals surface area contributed by atoms with Crippen molar-refractivity contribution in [2.75, 3.05) is 25.2 Å². The summed E-state index contributed by atoms with van der Waals surface area (Å²) in [5, 5.41) is 2.84. The molecule has 6 nitrogen and oxygen atoms in total. The first kappa shape index (κ1) is 14.4. The molecule has 0 radical (unpaired) electrons. The predicted octanol–water partition coefficient (Wildman–Crippen LogP) is 2.83. The van der Waals surface area contributed by atoms with Crippen LogP contribution in [0.4, 0.5) is 5.95 Å². The van der Waals surface area contributed by atoms with Gasteiger partial charge in [0.1, 0.15) is 5.75 Å². The Hall–Kier alpha value is -2.02. The Kier molecular flexibility index (Phi) is 5.00. The maximum Gasteiger partial charge on any atom is 0.330 e. The molecule has 0 unspecified atom stereocenters. The molecule has 0 bridgehead atoms. The maximum atomic E-state index is 5.62. The van der Waals surface area contributed by atoms with Gasteiger partial charge in [-0.15, -0.1) is 16.7 Å². The molecule has 0 aliphatic heterocycles. The monoisotopic (exact) mass is 292 g/mol. The van der Waals surface area contributed by atoms with E-state index in [1.165, 1.54) is 4.90 Å². The SMILES string of the molecule is CCOc1nc(NC)nc(Oc2ccc(SC)cc2)n1. The zero-order chi connectivity index (χ0) is 14.4. The number of aromatic nitrogens is 3. The van der Waals surface area contributed by atoms with Gasteiger partial charge in [0.05, 0.1) is 6.61 Å². The van der Waals surface area contributed by atoms with Crippen LogP contribution in [0.3, 0.4) is 0 Å². The minimum Gasteiger partial charge on any atom is -0.464 e. The zero-order valence-corrected chi connectivity index (χ0v) is 12.4. The van der Waals surface area contributed by atoms with Gasteiger partial charge in [-0.05, 0) is 37.4 Å². The molecule has 0 atom stereocenters. The van der Waals surface area contributed by atoms with E-state index in [1.54, 1.807) is 18.8 Å². The molecule has 2 rings (SSSR count). The highest BCUT2D eigenvalue weighted by Gasteiger charge is 2.08. The minimum atomic E-state index is 0.199. The summed E-state index contributed by atoms with van der Waals surface area (Å²) < 4.78 is 10.9. The largest absolute Gasteiger partial charge is 0.464 e. The van der Waals surface area contributed by atoms with Crippen molar-refractivity contribution in [2.45, 2.75) is 11.8 Å². The fraction of sp³-hybridized carbons (Fsp3) is 0.308. The van der Waals surface area contributed by atoms with Crippen molar-refractivity contribution in [1.29, 1.82) is 0 Å². The smallest absolute Gasteiger partial charge is 0.330 e. The summed E-state index contributed by atoms with van der Waals surface area (Å²) in [7, 11) is 1.72. The second-order valence-corrected chi connectivity index (χ2v) is 4.56. The lowest BCUT2D eigenvalue weighted by Crippen LogP contribution is -2.05. The lowest BCUT2D eigenvalue weighted by molar-refractivity contribution is 0.304. The molecule has 0 aliphatic rings. The topological polar surface area (TPSA) is 69.2 Å². The van der Waals surface area contributed by atoms with Crippen LogP contribution in [0.15, 0.2) is 29.2 Å². The van der Waals surface area contributed by atoms with Crippen molar-refractivity contribution in [1.82, 2.24) is 15.0 Å². The predicted molar refractivity (Wildman–Crippen MR) is 78.8 cm³/mol. The maximum absolute atomic E-state index is 5.62. The molecule has 0 aliphatic carbocycles. The van der Waals surface area contributed by atoms with Gasteiger partial charge in [-0.25, -0.2) is 0 Å². The van der Waals surface area contributed by atoms with Crippen LogP contribution in [0.5, 0.6) is 17.8 Å². The second kappa shape index (κ2) is 6.95. The standard InChI is InChI=1S/C13H16N4O2S/c1-4-18-12-15-11(14-2)16-13(17-12)19-9-5-7-10(20-3)8-6-9/h5-8H,4H2,1-3H3,(H,14,15,16,17). The van der Waals surface area contributed by atoms with Gasteiger partial charge in [-0.3, -0.25) is 0 Å². The first-order chi connectivity index (χ1) is 9.75. The van der Waals surface area contributed by atoms with Crippen LogP contribution in [0.25, 0.3) is 0 Å². The molecule has 0 saturated carbocycles. The number of rotatable bonds is 6. The van der Waals surface area contributed by atoms with Crippen LogP contribution < -0.4 is 14.8 Å². The molecule has 20 heavy (non-hydrogen) atoms. The number of nitrogens with zero attached hydrogens (tertiary/aromatic N) is 3. The first-order valence-electron chi connectivity index (χ1n) is 6.13. The van der Waals surface area contributed by atoms with Crippen LogP contribution in [-0.4, -0.2) is 34.9 Å². The van der Waals surface area contributed by atoms with E-state index in [2.05, 4.69) is 20.3 Å². The van der Waals surface area contributed by atoms with Crippen LogP contribution in [0.2, 0.25) is 0 Å². The quantitative estimate of drug-likeness (QED) is 0.821. The van der Waals surface area contributed by atoms with Crippen LogP contribution >= 0.6 is 11.8 Å². The molecule has 0 spiro atoms. The van der Waals surface area contributed by atoms with E-state index in [-0.39, 0.29) is 12.0 Å². The molecule has 1 aromatic carbocycles. The third-order valence-electron chi connectivity index (χ3n) is 2.36. The highest BCUT2D eigenvalue weighted by Crippen LogP contribution is 2.23. The highest BCUT2D eigenvalue weighted by atomic mass is 32.2. The molecule has 2 aromatic rings. The molecular formula is C13H16N4O2S. The van der Waals surface area contributed by atoms with Gasteiger partial charge in [0.25, 0.3) is 0 Å². The highest BCUT2D eigenvalue weighted by molar-refractivity contribution is 7.98. The average molecular weight is 292 g/mol. The number of nitrogens with one attached hydrogen (secondary N) is 1. The van der Waals surface area contributed by atoms with E-state index in [4.69, 9.17) is 9.47 Å². The molecule has 0 fully saturated rings. The molecule has 7 heteroatoms. The summed E-state index contributed by atoms with van der Waals surface area (Å²) in [6.45, 7) is 2.35. The Morgan fingerprint density at radius 2 is 1.80 bits per heavy atom. The molecule has 0 saturated heterocycles. The minimum absolute atomic E-state index is 0.199. The van der Waals surface area contributed by atoms with Crippen molar-refractivity contribution >= 4 is 17.7 Å². The molecular weight excluding hydrogens is 276 g/mol. The normalized spacial score (nSPS) is 10.2. The van der Waals surface area contributed by atoms with Crippen LogP contribution in [0.1, 0.15) is 6.92 Å². The number of hydrogen-bond acceptors (Lipinski definition) is 7. The van der Waals surface area contributed by atoms with Crippen molar-refractivity contribution in [3.8, 4) is 17.8 Å². The van der Waals surface area contributed by atoms with Crippen LogP contribution in [0, 0.1) is 0 Å². The van der Waals surface area contributed by atoms with Crippen molar-refractivity contribution in [3.63, 3.8) is 0 Å². The molecule has 0 amide bonds. The summed E-state index contributed by atoms with van der Waals surface area (Å²) in [6, 6.07) is 8.13. The average Bonchev–Trinajstić information content (AvgIpc) is 2.48. The summed E-state index contributed by atoms with van der Waals surface area (Å²) in [5.41, 5.74) is 0. The summed E-state index contributed by atoms with van der Waals surface area (Å²) in [6.07, 6.45) is 2.02.